The second-order valence-electron chi connectivity index (χ2n) is 6.58. The molecule has 1 fully saturated rings. The molecule has 2 heteroatoms. The van der Waals surface area contributed by atoms with E-state index in [1.807, 2.05) is 0 Å². The average Bonchev–Trinajstić information content (AvgIpc) is 2.12. The van der Waals surface area contributed by atoms with Gasteiger partial charge in [-0.3, -0.25) is 0 Å². The third-order valence-electron chi connectivity index (χ3n) is 3.59. The van der Waals surface area contributed by atoms with Crippen molar-refractivity contribution in [2.45, 2.75) is 53.0 Å². The van der Waals surface area contributed by atoms with Gasteiger partial charge in [-0.1, -0.05) is 27.7 Å². The maximum absolute atomic E-state index is 5.17. The fourth-order valence-corrected chi connectivity index (χ4v) is 3.21. The van der Waals surface area contributed by atoms with Crippen molar-refractivity contribution in [3.05, 3.63) is 0 Å². The van der Waals surface area contributed by atoms with Crippen LogP contribution in [0, 0.1) is 17.3 Å². The van der Waals surface area contributed by atoms with Crippen LogP contribution in [0.15, 0.2) is 0 Å². The molecule has 96 valence electrons. The summed E-state index contributed by atoms with van der Waals surface area (Å²) in [6, 6.07) is 0.707. The number of hydrogen-bond acceptors (Lipinski definition) is 2. The Morgan fingerprint density at radius 3 is 2.62 bits per heavy atom. The topological polar surface area (TPSA) is 21.3 Å². The van der Waals surface area contributed by atoms with Crippen LogP contribution in [0.1, 0.15) is 47.0 Å². The Hall–Kier alpha value is -0.0800. The lowest BCUT2D eigenvalue weighted by atomic mass is 9.70. The van der Waals surface area contributed by atoms with E-state index < -0.39 is 0 Å². The van der Waals surface area contributed by atoms with Crippen LogP contribution in [0.25, 0.3) is 0 Å². The van der Waals surface area contributed by atoms with Gasteiger partial charge in [0.25, 0.3) is 0 Å². The predicted octanol–water partition coefficient (Wildman–Crippen LogP) is 3.07. The highest BCUT2D eigenvalue weighted by Crippen LogP contribution is 2.38. The third-order valence-corrected chi connectivity index (χ3v) is 3.59. The van der Waals surface area contributed by atoms with E-state index in [-0.39, 0.29) is 0 Å². The first-order valence-corrected chi connectivity index (χ1v) is 6.65. The van der Waals surface area contributed by atoms with Crippen molar-refractivity contribution in [1.29, 1.82) is 0 Å². The molecule has 1 saturated carbocycles. The van der Waals surface area contributed by atoms with Gasteiger partial charge in [0, 0.05) is 26.3 Å². The normalized spacial score (nSPS) is 31.3. The van der Waals surface area contributed by atoms with Crippen molar-refractivity contribution < 1.29 is 4.74 Å². The standard InChI is InChI=1S/C14H29NO/c1-11-6-13(8-14(3,4)7-11)15-9-12(2)10-16-5/h11-13,15H,6-10H2,1-5H3. The van der Waals surface area contributed by atoms with E-state index in [9.17, 15) is 0 Å². The zero-order valence-corrected chi connectivity index (χ0v) is 11.7. The molecule has 3 unspecified atom stereocenters. The average molecular weight is 227 g/mol. The van der Waals surface area contributed by atoms with Gasteiger partial charge in [0.2, 0.25) is 0 Å². The summed E-state index contributed by atoms with van der Waals surface area (Å²) in [4.78, 5) is 0. The molecule has 0 heterocycles. The molecule has 2 nitrogen and oxygen atoms in total. The van der Waals surface area contributed by atoms with Gasteiger partial charge in [-0.25, -0.2) is 0 Å². The molecule has 1 aliphatic rings. The second kappa shape index (κ2) is 6.02. The molecule has 0 spiro atoms. The fourth-order valence-electron chi connectivity index (χ4n) is 3.21. The zero-order chi connectivity index (χ0) is 12.2. The number of ether oxygens (including phenoxy) is 1. The van der Waals surface area contributed by atoms with Gasteiger partial charge in [0.1, 0.15) is 0 Å². The van der Waals surface area contributed by atoms with Crippen molar-refractivity contribution in [2.24, 2.45) is 17.3 Å². The second-order valence-corrected chi connectivity index (χ2v) is 6.58. The molecule has 1 aliphatic carbocycles. The Balaban J connectivity index is 2.31. The quantitative estimate of drug-likeness (QED) is 0.779. The highest BCUT2D eigenvalue weighted by Gasteiger charge is 2.31. The van der Waals surface area contributed by atoms with E-state index in [1.54, 1.807) is 7.11 Å². The van der Waals surface area contributed by atoms with Crippen molar-refractivity contribution in [2.75, 3.05) is 20.3 Å². The van der Waals surface area contributed by atoms with Crippen molar-refractivity contribution >= 4 is 0 Å². The molecule has 0 saturated heterocycles. The molecular formula is C14H29NO. The Bertz CT molecular complexity index is 203. The van der Waals surface area contributed by atoms with Crippen LogP contribution < -0.4 is 5.32 Å². The molecule has 16 heavy (non-hydrogen) atoms. The summed E-state index contributed by atoms with van der Waals surface area (Å²) < 4.78 is 5.17. The summed E-state index contributed by atoms with van der Waals surface area (Å²) in [5.74, 6) is 1.48. The van der Waals surface area contributed by atoms with Gasteiger partial charge in [-0.05, 0) is 36.5 Å². The van der Waals surface area contributed by atoms with E-state index in [4.69, 9.17) is 4.74 Å². The molecule has 1 N–H and O–H groups in total. The number of hydrogen-bond donors (Lipinski definition) is 1. The fraction of sp³-hybridized carbons (Fsp3) is 1.00. The molecule has 0 aromatic carbocycles. The minimum atomic E-state index is 0.514. The van der Waals surface area contributed by atoms with Crippen LogP contribution in [0.2, 0.25) is 0 Å². The molecule has 0 radical (unpaired) electrons. The van der Waals surface area contributed by atoms with Crippen molar-refractivity contribution in [1.82, 2.24) is 5.32 Å². The maximum Gasteiger partial charge on any atom is 0.0499 e. The monoisotopic (exact) mass is 227 g/mol. The van der Waals surface area contributed by atoms with Crippen LogP contribution in [0.4, 0.5) is 0 Å². The number of nitrogens with one attached hydrogen (secondary N) is 1. The Morgan fingerprint density at radius 2 is 2.06 bits per heavy atom. The minimum absolute atomic E-state index is 0.514. The van der Waals surface area contributed by atoms with E-state index in [0.29, 0.717) is 17.4 Å². The van der Waals surface area contributed by atoms with E-state index in [2.05, 4.69) is 33.0 Å². The Labute approximate surface area is 101 Å². The first-order valence-electron chi connectivity index (χ1n) is 6.65. The Kier molecular flexibility index (Phi) is 5.26. The van der Waals surface area contributed by atoms with Gasteiger partial charge in [-0.15, -0.1) is 0 Å². The van der Waals surface area contributed by atoms with Gasteiger partial charge in [0.05, 0.1) is 0 Å². The van der Waals surface area contributed by atoms with Crippen molar-refractivity contribution in [3.63, 3.8) is 0 Å². The van der Waals surface area contributed by atoms with Gasteiger partial charge in [-0.2, -0.15) is 0 Å². The van der Waals surface area contributed by atoms with Gasteiger partial charge < -0.3 is 10.1 Å². The van der Waals surface area contributed by atoms with E-state index >= 15 is 0 Å². The summed E-state index contributed by atoms with van der Waals surface area (Å²) in [5.41, 5.74) is 0.514. The summed E-state index contributed by atoms with van der Waals surface area (Å²) in [6.45, 7) is 11.4. The lowest BCUT2D eigenvalue weighted by molar-refractivity contribution is 0.132. The molecule has 0 aliphatic heterocycles. The Morgan fingerprint density at radius 1 is 1.38 bits per heavy atom. The van der Waals surface area contributed by atoms with E-state index in [0.717, 1.165) is 19.1 Å². The van der Waals surface area contributed by atoms with Crippen molar-refractivity contribution in [3.8, 4) is 0 Å². The summed E-state index contributed by atoms with van der Waals surface area (Å²) in [6.07, 6.45) is 4.03. The highest BCUT2D eigenvalue weighted by molar-refractivity contribution is 4.86. The SMILES string of the molecule is COCC(C)CNC1CC(C)CC(C)(C)C1. The number of rotatable bonds is 5. The first kappa shape index (κ1) is 14.0. The van der Waals surface area contributed by atoms with Crippen LogP contribution in [-0.4, -0.2) is 26.3 Å². The van der Waals surface area contributed by atoms with Crippen LogP contribution in [0.3, 0.4) is 0 Å². The largest absolute Gasteiger partial charge is 0.384 e. The maximum atomic E-state index is 5.17. The molecule has 1 rings (SSSR count). The summed E-state index contributed by atoms with van der Waals surface area (Å²) in [7, 11) is 1.78. The minimum Gasteiger partial charge on any atom is -0.384 e. The van der Waals surface area contributed by atoms with Gasteiger partial charge in [0.15, 0.2) is 0 Å². The third kappa shape index (κ3) is 4.84. The lowest BCUT2D eigenvalue weighted by Gasteiger charge is -2.39. The zero-order valence-electron chi connectivity index (χ0n) is 11.7. The smallest absolute Gasteiger partial charge is 0.0499 e. The van der Waals surface area contributed by atoms with Gasteiger partial charge >= 0.3 is 0 Å². The van der Waals surface area contributed by atoms with Crippen LogP contribution in [-0.2, 0) is 4.74 Å². The predicted molar refractivity (Wildman–Crippen MR) is 69.6 cm³/mol. The molecule has 0 aromatic rings. The summed E-state index contributed by atoms with van der Waals surface area (Å²) in [5, 5.41) is 3.71. The number of methoxy groups -OCH3 is 1. The lowest BCUT2D eigenvalue weighted by Crippen LogP contribution is -2.42. The molecule has 0 bridgehead atoms. The molecular weight excluding hydrogens is 198 g/mol. The van der Waals surface area contributed by atoms with Crippen LogP contribution >= 0.6 is 0 Å². The van der Waals surface area contributed by atoms with Crippen LogP contribution in [0.5, 0.6) is 0 Å². The van der Waals surface area contributed by atoms with E-state index in [1.165, 1.54) is 19.3 Å². The molecule has 3 atom stereocenters. The summed E-state index contributed by atoms with van der Waals surface area (Å²) >= 11 is 0. The molecule has 0 amide bonds. The first-order chi connectivity index (χ1) is 7.43. The highest BCUT2D eigenvalue weighted by atomic mass is 16.5. The molecule has 0 aromatic heterocycles.